The molecule has 5 N–H and O–H groups in total. The summed E-state index contributed by atoms with van der Waals surface area (Å²) in [7, 11) is 0. The predicted octanol–water partition coefficient (Wildman–Crippen LogP) is 0.518. The molecule has 2 saturated heterocycles. The van der Waals surface area contributed by atoms with Gasteiger partial charge < -0.3 is 25.7 Å². The molecule has 1 aromatic rings. The van der Waals surface area contributed by atoms with Gasteiger partial charge in [0.2, 0.25) is 0 Å². The van der Waals surface area contributed by atoms with Crippen LogP contribution in [0.1, 0.15) is 31.2 Å². The van der Waals surface area contributed by atoms with Crippen LogP contribution in [-0.4, -0.2) is 75.9 Å². The van der Waals surface area contributed by atoms with E-state index in [1.165, 1.54) is 5.56 Å². The van der Waals surface area contributed by atoms with Gasteiger partial charge in [0.25, 0.3) is 0 Å². The van der Waals surface area contributed by atoms with E-state index >= 15 is 0 Å². The van der Waals surface area contributed by atoms with Crippen LogP contribution >= 0.6 is 12.4 Å². The highest BCUT2D eigenvalue weighted by molar-refractivity contribution is 5.85. The Balaban J connectivity index is 0.000000290. The lowest BCUT2D eigenvalue weighted by molar-refractivity contribution is 0.0903. The monoisotopic (exact) mass is 388 g/mol. The van der Waals surface area contributed by atoms with Crippen molar-refractivity contribution in [3.8, 4) is 0 Å². The quantitative estimate of drug-likeness (QED) is 0.487. The van der Waals surface area contributed by atoms with Crippen molar-refractivity contribution < 1.29 is 20.4 Å². The first kappa shape index (κ1) is 23.3. The third-order valence-corrected chi connectivity index (χ3v) is 5.18. The zero-order valence-corrected chi connectivity index (χ0v) is 16.0. The lowest BCUT2D eigenvalue weighted by Gasteiger charge is -2.28. The minimum absolute atomic E-state index is 0. The van der Waals surface area contributed by atoms with Crippen LogP contribution in [0.15, 0.2) is 30.3 Å². The Kier molecular flexibility index (Phi) is 11.3. The SMILES string of the molecule is Cl.OC[C@@H]1CC[C@H](CO)N1.OC[C@@H]1CC[C@H](CO)N1Cc1ccccc1. The molecule has 1 aromatic carbocycles. The summed E-state index contributed by atoms with van der Waals surface area (Å²) in [6.45, 7) is 1.57. The van der Waals surface area contributed by atoms with Gasteiger partial charge in [-0.25, -0.2) is 0 Å². The maximum absolute atomic E-state index is 9.30. The lowest BCUT2D eigenvalue weighted by Crippen LogP contribution is -2.39. The highest BCUT2D eigenvalue weighted by Gasteiger charge is 2.32. The summed E-state index contributed by atoms with van der Waals surface area (Å²) >= 11 is 0. The summed E-state index contributed by atoms with van der Waals surface area (Å²) in [6, 6.07) is 11.1. The first-order chi connectivity index (χ1) is 12.2. The first-order valence-electron chi connectivity index (χ1n) is 9.21. The summed E-state index contributed by atoms with van der Waals surface area (Å²) in [5.74, 6) is 0. The molecule has 2 aliphatic rings. The molecule has 0 bridgehead atoms. The Labute approximate surface area is 162 Å². The van der Waals surface area contributed by atoms with Gasteiger partial charge in [-0.05, 0) is 31.2 Å². The Morgan fingerprint density at radius 1 is 0.769 bits per heavy atom. The predicted molar refractivity (Wildman–Crippen MR) is 104 cm³/mol. The Hall–Kier alpha value is -0.730. The van der Waals surface area contributed by atoms with Gasteiger partial charge in [-0.3, -0.25) is 4.90 Å². The molecule has 0 radical (unpaired) electrons. The minimum Gasteiger partial charge on any atom is -0.395 e. The van der Waals surface area contributed by atoms with Crippen LogP contribution in [0, 0.1) is 0 Å². The van der Waals surface area contributed by atoms with E-state index in [0.717, 1.165) is 32.2 Å². The van der Waals surface area contributed by atoms with Gasteiger partial charge in [-0.2, -0.15) is 0 Å². The average molecular weight is 389 g/mol. The Morgan fingerprint density at radius 3 is 1.65 bits per heavy atom. The molecule has 2 heterocycles. The fourth-order valence-corrected chi connectivity index (χ4v) is 3.65. The molecule has 0 amide bonds. The van der Waals surface area contributed by atoms with Crippen LogP contribution in [0.3, 0.4) is 0 Å². The second-order valence-electron chi connectivity index (χ2n) is 6.91. The molecule has 0 saturated carbocycles. The minimum atomic E-state index is 0. The molecule has 6 nitrogen and oxygen atoms in total. The zero-order valence-electron chi connectivity index (χ0n) is 15.2. The molecule has 0 aromatic heterocycles. The van der Waals surface area contributed by atoms with Crippen molar-refractivity contribution in [2.24, 2.45) is 0 Å². The van der Waals surface area contributed by atoms with E-state index in [-0.39, 0.29) is 63.0 Å². The number of aliphatic hydroxyl groups excluding tert-OH is 4. The number of halogens is 1. The van der Waals surface area contributed by atoms with Gasteiger partial charge in [0.15, 0.2) is 0 Å². The summed E-state index contributed by atoms with van der Waals surface area (Å²) in [4.78, 5) is 2.22. The van der Waals surface area contributed by atoms with Crippen molar-refractivity contribution in [3.05, 3.63) is 35.9 Å². The third kappa shape index (κ3) is 6.78. The number of likely N-dealkylation sites (tertiary alicyclic amines) is 1. The smallest absolute Gasteiger partial charge is 0.0587 e. The van der Waals surface area contributed by atoms with E-state index in [1.54, 1.807) is 0 Å². The fourth-order valence-electron chi connectivity index (χ4n) is 3.65. The average Bonchev–Trinajstić information content (AvgIpc) is 3.29. The van der Waals surface area contributed by atoms with Crippen molar-refractivity contribution in [2.75, 3.05) is 26.4 Å². The van der Waals surface area contributed by atoms with Crippen molar-refractivity contribution in [1.29, 1.82) is 0 Å². The van der Waals surface area contributed by atoms with Crippen LogP contribution in [0.25, 0.3) is 0 Å². The second kappa shape index (κ2) is 12.6. The maximum atomic E-state index is 9.30. The maximum Gasteiger partial charge on any atom is 0.0587 e. The van der Waals surface area contributed by atoms with Crippen molar-refractivity contribution in [1.82, 2.24) is 10.2 Å². The molecule has 0 spiro atoms. The number of benzene rings is 1. The van der Waals surface area contributed by atoms with Gasteiger partial charge in [-0.15, -0.1) is 12.4 Å². The van der Waals surface area contributed by atoms with Gasteiger partial charge >= 0.3 is 0 Å². The fraction of sp³-hybridized carbons (Fsp3) is 0.684. The molecule has 150 valence electrons. The molecular formula is C19H33ClN2O4. The van der Waals surface area contributed by atoms with E-state index in [4.69, 9.17) is 10.2 Å². The van der Waals surface area contributed by atoms with Gasteiger partial charge in [0, 0.05) is 30.7 Å². The molecule has 2 aliphatic heterocycles. The Bertz CT molecular complexity index is 458. The molecule has 0 aliphatic carbocycles. The van der Waals surface area contributed by atoms with Crippen LogP contribution in [0.4, 0.5) is 0 Å². The van der Waals surface area contributed by atoms with Crippen LogP contribution in [-0.2, 0) is 6.54 Å². The summed E-state index contributed by atoms with van der Waals surface area (Å²) in [5.41, 5.74) is 1.24. The molecule has 2 fully saturated rings. The number of rotatable bonds is 6. The van der Waals surface area contributed by atoms with Crippen LogP contribution in [0.2, 0.25) is 0 Å². The molecular weight excluding hydrogens is 356 g/mol. The van der Waals surface area contributed by atoms with E-state index < -0.39 is 0 Å². The molecule has 0 unspecified atom stereocenters. The van der Waals surface area contributed by atoms with Crippen LogP contribution < -0.4 is 5.32 Å². The van der Waals surface area contributed by atoms with E-state index in [2.05, 4.69) is 22.3 Å². The number of hydrogen-bond donors (Lipinski definition) is 5. The Morgan fingerprint density at radius 2 is 1.27 bits per heavy atom. The summed E-state index contributed by atoms with van der Waals surface area (Å²) in [6.07, 6.45) is 3.94. The largest absolute Gasteiger partial charge is 0.395 e. The van der Waals surface area contributed by atoms with Crippen LogP contribution in [0.5, 0.6) is 0 Å². The lowest BCUT2D eigenvalue weighted by atomic mass is 10.2. The summed E-state index contributed by atoms with van der Waals surface area (Å²) in [5, 5.41) is 39.0. The van der Waals surface area contributed by atoms with Gasteiger partial charge in [-0.1, -0.05) is 30.3 Å². The van der Waals surface area contributed by atoms with Gasteiger partial charge in [0.05, 0.1) is 26.4 Å². The number of aliphatic hydroxyl groups is 4. The van der Waals surface area contributed by atoms with Crippen molar-refractivity contribution in [2.45, 2.75) is 56.4 Å². The molecule has 7 heteroatoms. The first-order valence-corrected chi connectivity index (χ1v) is 9.21. The second-order valence-corrected chi connectivity index (χ2v) is 6.91. The summed E-state index contributed by atoms with van der Waals surface area (Å²) < 4.78 is 0. The normalized spacial score (nSPS) is 28.3. The van der Waals surface area contributed by atoms with E-state index in [9.17, 15) is 10.2 Å². The van der Waals surface area contributed by atoms with Crippen molar-refractivity contribution >= 4 is 12.4 Å². The topological polar surface area (TPSA) is 96.2 Å². The molecule has 26 heavy (non-hydrogen) atoms. The van der Waals surface area contributed by atoms with Gasteiger partial charge in [0.1, 0.15) is 0 Å². The zero-order chi connectivity index (χ0) is 18.1. The number of nitrogens with one attached hydrogen (secondary N) is 1. The van der Waals surface area contributed by atoms with E-state index in [0.29, 0.717) is 0 Å². The highest BCUT2D eigenvalue weighted by Crippen LogP contribution is 2.25. The van der Waals surface area contributed by atoms with E-state index in [1.807, 2.05) is 18.2 Å². The third-order valence-electron chi connectivity index (χ3n) is 5.18. The number of hydrogen-bond acceptors (Lipinski definition) is 6. The number of nitrogens with zero attached hydrogens (tertiary/aromatic N) is 1. The molecule has 3 rings (SSSR count). The standard InChI is InChI=1S/C13H19NO2.C6H13NO2.ClH/c15-9-12-6-7-13(10-16)14(12)8-11-4-2-1-3-5-11;8-3-5-1-2-6(4-9)7-5;/h1-5,12-13,15-16H,6-10H2;5-9H,1-4H2;1H/t12-,13+;5-,6+;. The highest BCUT2D eigenvalue weighted by atomic mass is 35.5. The molecule has 4 atom stereocenters. The van der Waals surface area contributed by atoms with Crippen molar-refractivity contribution in [3.63, 3.8) is 0 Å².